The minimum atomic E-state index is -0.870. The third-order valence-electron chi connectivity index (χ3n) is 3.72. The van der Waals surface area contributed by atoms with Gasteiger partial charge in [0.25, 0.3) is 0 Å². The number of benzene rings is 1. The summed E-state index contributed by atoms with van der Waals surface area (Å²) in [6.07, 6.45) is 2.57. The molecule has 5 heteroatoms. The fraction of sp³-hybridized carbons (Fsp3) is 0.222. The third kappa shape index (κ3) is 3.34. The maximum Gasteiger partial charge on any atom is 0.309 e. The lowest BCUT2D eigenvalue weighted by Gasteiger charge is -2.08. The quantitative estimate of drug-likeness (QED) is 0.760. The van der Waals surface area contributed by atoms with Crippen molar-refractivity contribution >= 4 is 11.6 Å². The maximum absolute atomic E-state index is 11.0. The molecule has 0 aliphatic heterocycles. The normalized spacial score (nSPS) is 10.8. The van der Waals surface area contributed by atoms with Crippen LogP contribution in [0.2, 0.25) is 0 Å². The summed E-state index contributed by atoms with van der Waals surface area (Å²) >= 11 is 0. The van der Waals surface area contributed by atoms with Crippen molar-refractivity contribution in [1.29, 1.82) is 0 Å². The van der Waals surface area contributed by atoms with Crippen LogP contribution in [-0.2, 0) is 17.6 Å². The van der Waals surface area contributed by atoms with Crippen LogP contribution in [0, 0.1) is 6.92 Å². The first-order valence-electron chi connectivity index (χ1n) is 7.50. The number of hydrogen-bond donors (Lipinski definition) is 1. The zero-order chi connectivity index (χ0) is 16.2. The number of fused-ring (bicyclic) bond motifs is 1. The molecule has 3 rings (SSSR count). The number of rotatable bonds is 6. The molecule has 0 spiro atoms. The first-order valence-corrected chi connectivity index (χ1v) is 7.50. The first kappa shape index (κ1) is 15.1. The van der Waals surface area contributed by atoms with Gasteiger partial charge in [0.05, 0.1) is 24.4 Å². The summed E-state index contributed by atoms with van der Waals surface area (Å²) in [6.45, 7) is 2.36. The number of aromatic nitrogens is 2. The predicted molar refractivity (Wildman–Crippen MR) is 86.9 cm³/mol. The third-order valence-corrected chi connectivity index (χ3v) is 3.72. The van der Waals surface area contributed by atoms with Crippen LogP contribution < -0.4 is 4.74 Å². The lowest BCUT2D eigenvalue weighted by Crippen LogP contribution is -2.05. The number of imidazole rings is 1. The van der Waals surface area contributed by atoms with Crippen molar-refractivity contribution in [1.82, 2.24) is 9.38 Å². The summed E-state index contributed by atoms with van der Waals surface area (Å²) in [5.41, 5.74) is 3.27. The molecule has 0 fully saturated rings. The van der Waals surface area contributed by atoms with Crippen LogP contribution in [0.5, 0.6) is 5.75 Å². The second-order valence-corrected chi connectivity index (χ2v) is 5.36. The molecule has 0 bridgehead atoms. The van der Waals surface area contributed by atoms with Gasteiger partial charge in [-0.1, -0.05) is 30.3 Å². The lowest BCUT2D eigenvalue weighted by molar-refractivity contribution is -0.136. The summed E-state index contributed by atoms with van der Waals surface area (Å²) in [5, 5.41) is 9.03. The highest BCUT2D eigenvalue weighted by Crippen LogP contribution is 2.22. The standard InChI is InChI=1S/C18H18N2O3/c1-13-15(12-17(21)22)20-10-5-8-16(18(20)19-13)23-11-9-14-6-3-2-4-7-14/h2-8,10H,9,11-12H2,1H3,(H,21,22). The smallest absolute Gasteiger partial charge is 0.309 e. The van der Waals surface area contributed by atoms with Crippen LogP contribution in [-0.4, -0.2) is 27.1 Å². The highest BCUT2D eigenvalue weighted by Gasteiger charge is 2.14. The predicted octanol–water partition coefficient (Wildman–Crippen LogP) is 2.89. The number of nitrogens with zero attached hydrogens (tertiary/aromatic N) is 2. The number of carboxylic acid groups (broad SMARTS) is 1. The molecule has 0 saturated heterocycles. The van der Waals surface area contributed by atoms with Crippen LogP contribution >= 0.6 is 0 Å². The minimum Gasteiger partial charge on any atom is -0.489 e. The summed E-state index contributed by atoms with van der Waals surface area (Å²) in [6, 6.07) is 13.8. The van der Waals surface area contributed by atoms with Gasteiger partial charge in [-0.25, -0.2) is 4.98 Å². The SMILES string of the molecule is Cc1nc2c(OCCc3ccccc3)cccn2c1CC(=O)O. The van der Waals surface area contributed by atoms with E-state index in [1.807, 2.05) is 43.5 Å². The molecule has 0 unspecified atom stereocenters. The Morgan fingerprint density at radius 2 is 2.00 bits per heavy atom. The molecule has 1 aromatic carbocycles. The summed E-state index contributed by atoms with van der Waals surface area (Å²) in [7, 11) is 0. The highest BCUT2D eigenvalue weighted by atomic mass is 16.5. The van der Waals surface area contributed by atoms with E-state index in [1.165, 1.54) is 5.56 Å². The lowest BCUT2D eigenvalue weighted by atomic mass is 10.2. The van der Waals surface area contributed by atoms with Gasteiger partial charge in [0.2, 0.25) is 0 Å². The Bertz CT molecular complexity index is 825. The van der Waals surface area contributed by atoms with E-state index in [2.05, 4.69) is 17.1 Å². The van der Waals surface area contributed by atoms with Gasteiger partial charge in [0.15, 0.2) is 11.4 Å². The Hall–Kier alpha value is -2.82. The van der Waals surface area contributed by atoms with Crippen LogP contribution in [0.3, 0.4) is 0 Å². The summed E-state index contributed by atoms with van der Waals surface area (Å²) in [5.74, 6) is -0.200. The van der Waals surface area contributed by atoms with Gasteiger partial charge in [-0.15, -0.1) is 0 Å². The molecular weight excluding hydrogens is 292 g/mol. The Balaban J connectivity index is 1.80. The molecule has 0 atom stereocenters. The van der Waals surface area contributed by atoms with E-state index in [0.717, 1.165) is 6.42 Å². The summed E-state index contributed by atoms with van der Waals surface area (Å²) in [4.78, 5) is 15.5. The van der Waals surface area contributed by atoms with Gasteiger partial charge in [-0.2, -0.15) is 0 Å². The molecule has 2 aromatic heterocycles. The molecule has 5 nitrogen and oxygen atoms in total. The molecule has 1 N–H and O–H groups in total. The molecule has 0 amide bonds. The number of aryl methyl sites for hydroxylation is 1. The molecule has 0 aliphatic rings. The second kappa shape index (κ2) is 6.52. The van der Waals surface area contributed by atoms with Crippen LogP contribution in [0.15, 0.2) is 48.7 Å². The number of ether oxygens (including phenoxy) is 1. The van der Waals surface area contributed by atoms with Gasteiger partial charge < -0.3 is 14.2 Å². The van der Waals surface area contributed by atoms with Crippen LogP contribution in [0.4, 0.5) is 0 Å². The number of hydrogen-bond acceptors (Lipinski definition) is 3. The zero-order valence-electron chi connectivity index (χ0n) is 12.9. The van der Waals surface area contributed by atoms with Crippen molar-refractivity contribution in [2.45, 2.75) is 19.8 Å². The monoisotopic (exact) mass is 310 g/mol. The molecule has 2 heterocycles. The first-order chi connectivity index (χ1) is 11.1. The van der Waals surface area contributed by atoms with E-state index < -0.39 is 5.97 Å². The highest BCUT2D eigenvalue weighted by molar-refractivity contribution is 5.71. The molecular formula is C18H18N2O3. The Labute approximate surface area is 134 Å². The van der Waals surface area contributed by atoms with E-state index in [9.17, 15) is 4.79 Å². The van der Waals surface area contributed by atoms with Crippen molar-refractivity contribution in [3.05, 3.63) is 65.6 Å². The minimum absolute atomic E-state index is 0.0551. The topological polar surface area (TPSA) is 63.8 Å². The average Bonchev–Trinajstić information content (AvgIpc) is 2.85. The largest absolute Gasteiger partial charge is 0.489 e. The molecule has 0 radical (unpaired) electrons. The van der Waals surface area contributed by atoms with Crippen molar-refractivity contribution < 1.29 is 14.6 Å². The van der Waals surface area contributed by atoms with E-state index in [0.29, 0.717) is 29.4 Å². The van der Waals surface area contributed by atoms with Crippen molar-refractivity contribution in [2.75, 3.05) is 6.61 Å². The van der Waals surface area contributed by atoms with Crippen LogP contribution in [0.25, 0.3) is 5.65 Å². The molecule has 3 aromatic rings. The van der Waals surface area contributed by atoms with Gasteiger partial charge in [-0.05, 0) is 24.6 Å². The molecule has 23 heavy (non-hydrogen) atoms. The second-order valence-electron chi connectivity index (χ2n) is 5.36. The fourth-order valence-corrected chi connectivity index (χ4v) is 2.60. The zero-order valence-corrected chi connectivity index (χ0v) is 12.9. The number of carbonyl (C=O) groups is 1. The molecule has 0 saturated carbocycles. The van der Waals surface area contributed by atoms with Crippen molar-refractivity contribution in [2.24, 2.45) is 0 Å². The van der Waals surface area contributed by atoms with Crippen molar-refractivity contribution in [3.63, 3.8) is 0 Å². The van der Waals surface area contributed by atoms with Crippen LogP contribution in [0.1, 0.15) is 17.0 Å². The van der Waals surface area contributed by atoms with E-state index in [4.69, 9.17) is 9.84 Å². The van der Waals surface area contributed by atoms with E-state index in [1.54, 1.807) is 4.40 Å². The van der Waals surface area contributed by atoms with Gasteiger partial charge in [0, 0.05) is 12.6 Å². The number of carboxylic acids is 1. The molecule has 118 valence electrons. The van der Waals surface area contributed by atoms with Crippen molar-refractivity contribution in [3.8, 4) is 5.75 Å². The van der Waals surface area contributed by atoms with E-state index in [-0.39, 0.29) is 6.42 Å². The Morgan fingerprint density at radius 3 is 2.74 bits per heavy atom. The molecule has 0 aliphatic carbocycles. The average molecular weight is 310 g/mol. The summed E-state index contributed by atoms with van der Waals surface area (Å²) < 4.78 is 7.66. The number of pyridine rings is 1. The Morgan fingerprint density at radius 1 is 1.22 bits per heavy atom. The Kier molecular flexibility index (Phi) is 4.28. The maximum atomic E-state index is 11.0. The fourth-order valence-electron chi connectivity index (χ4n) is 2.60. The van der Waals surface area contributed by atoms with Gasteiger partial charge in [0.1, 0.15) is 0 Å². The van der Waals surface area contributed by atoms with Gasteiger partial charge >= 0.3 is 5.97 Å². The van der Waals surface area contributed by atoms with Gasteiger partial charge in [-0.3, -0.25) is 4.79 Å². The van der Waals surface area contributed by atoms with E-state index >= 15 is 0 Å². The number of aliphatic carboxylic acids is 1.